The molecule has 25 heavy (non-hydrogen) atoms. The summed E-state index contributed by atoms with van der Waals surface area (Å²) < 4.78 is 4.72. The number of carbonyl (C=O) groups is 1. The largest absolute Gasteiger partial charge is 0.450 e. The molecule has 0 aliphatic heterocycles. The summed E-state index contributed by atoms with van der Waals surface area (Å²) in [4.78, 5) is 10.4. The Bertz CT molecular complexity index is 356. The van der Waals surface area contributed by atoms with Gasteiger partial charge in [-0.15, -0.1) is 19.7 Å². The molecule has 0 heterocycles. The Labute approximate surface area is 157 Å². The van der Waals surface area contributed by atoms with Crippen molar-refractivity contribution in [2.45, 2.75) is 57.8 Å². The zero-order chi connectivity index (χ0) is 18.8. The summed E-state index contributed by atoms with van der Waals surface area (Å²) in [6.07, 6.45) is 16.7. The van der Waals surface area contributed by atoms with Crippen LogP contribution < -0.4 is 5.73 Å². The normalized spacial score (nSPS) is 11.7. The van der Waals surface area contributed by atoms with E-state index < -0.39 is 16.1 Å². The van der Waals surface area contributed by atoms with Crippen molar-refractivity contribution in [3.8, 4) is 0 Å². The molecule has 1 amide bonds. The molecule has 0 rings (SSSR count). The molecular weight excluding hydrogens is 330 g/mol. The molecule has 0 aromatic heterocycles. The first kappa shape index (κ1) is 23.8. The molecule has 0 aliphatic rings. The van der Waals surface area contributed by atoms with Gasteiger partial charge in [0.2, 0.25) is 0 Å². The maximum Gasteiger partial charge on any atom is 0.404 e. The SMILES string of the molecule is C=CCS(CC=C)(CC=C)CCCCCCCCCCCOC(N)=O. The molecule has 3 nitrogen and oxygen atoms in total. The molecule has 0 unspecified atom stereocenters. The third-order valence-electron chi connectivity index (χ3n) is 4.38. The van der Waals surface area contributed by atoms with Crippen molar-refractivity contribution in [3.63, 3.8) is 0 Å². The van der Waals surface area contributed by atoms with Crippen LogP contribution in [0.2, 0.25) is 0 Å². The third kappa shape index (κ3) is 13.8. The monoisotopic (exact) mass is 369 g/mol. The maximum absolute atomic E-state index is 10.4. The molecule has 0 atom stereocenters. The van der Waals surface area contributed by atoms with Gasteiger partial charge in [-0.1, -0.05) is 63.2 Å². The minimum absolute atomic E-state index is 0.458. The van der Waals surface area contributed by atoms with Crippen LogP contribution in [-0.4, -0.2) is 35.7 Å². The Balaban J connectivity index is 3.65. The van der Waals surface area contributed by atoms with E-state index in [1.165, 1.54) is 50.7 Å². The number of hydrogen-bond acceptors (Lipinski definition) is 2. The molecule has 0 aliphatic carbocycles. The lowest BCUT2D eigenvalue weighted by molar-refractivity contribution is 0.154. The Morgan fingerprint density at radius 1 is 0.760 bits per heavy atom. The minimum Gasteiger partial charge on any atom is -0.450 e. The highest BCUT2D eigenvalue weighted by Crippen LogP contribution is 2.48. The number of rotatable bonds is 18. The van der Waals surface area contributed by atoms with Crippen LogP contribution in [0.15, 0.2) is 38.0 Å². The summed E-state index contributed by atoms with van der Waals surface area (Å²) in [6, 6.07) is 0. The molecule has 0 bridgehead atoms. The second-order valence-corrected chi connectivity index (χ2v) is 10.5. The molecule has 0 fully saturated rings. The lowest BCUT2D eigenvalue weighted by atomic mass is 10.1. The fourth-order valence-electron chi connectivity index (χ4n) is 3.12. The van der Waals surface area contributed by atoms with Gasteiger partial charge in [0.1, 0.15) is 0 Å². The molecule has 0 aromatic rings. The van der Waals surface area contributed by atoms with Crippen LogP contribution >= 0.6 is 10.0 Å². The summed E-state index contributed by atoms with van der Waals surface area (Å²) in [6.45, 7) is 12.3. The average Bonchev–Trinajstić information content (AvgIpc) is 2.56. The molecule has 0 radical (unpaired) electrons. The minimum atomic E-state index is -0.667. The third-order valence-corrected chi connectivity index (χ3v) is 8.36. The fourth-order valence-corrected chi connectivity index (χ4v) is 6.35. The van der Waals surface area contributed by atoms with E-state index in [0.717, 1.165) is 30.1 Å². The molecule has 0 aromatic carbocycles. The summed E-state index contributed by atoms with van der Waals surface area (Å²) in [5.41, 5.74) is 4.92. The summed E-state index contributed by atoms with van der Waals surface area (Å²) in [7, 11) is -0.662. The van der Waals surface area contributed by atoms with E-state index in [0.29, 0.717) is 6.61 Å². The lowest BCUT2D eigenvalue weighted by Gasteiger charge is -2.38. The number of carbonyl (C=O) groups excluding carboxylic acids is 1. The van der Waals surface area contributed by atoms with Crippen molar-refractivity contribution in [1.29, 1.82) is 0 Å². The average molecular weight is 370 g/mol. The van der Waals surface area contributed by atoms with E-state index in [4.69, 9.17) is 10.5 Å². The highest BCUT2D eigenvalue weighted by Gasteiger charge is 2.19. The topological polar surface area (TPSA) is 52.3 Å². The van der Waals surface area contributed by atoms with Crippen molar-refractivity contribution >= 4 is 16.1 Å². The lowest BCUT2D eigenvalue weighted by Crippen LogP contribution is -2.14. The molecule has 146 valence electrons. The van der Waals surface area contributed by atoms with Crippen LogP contribution in [0, 0.1) is 0 Å². The smallest absolute Gasteiger partial charge is 0.404 e. The zero-order valence-corrected chi connectivity index (χ0v) is 16.9. The summed E-state index contributed by atoms with van der Waals surface area (Å²) >= 11 is 0. The van der Waals surface area contributed by atoms with Crippen molar-refractivity contribution in [1.82, 2.24) is 0 Å². The van der Waals surface area contributed by atoms with Crippen LogP contribution in [-0.2, 0) is 4.74 Å². The Morgan fingerprint density at radius 2 is 1.16 bits per heavy atom. The summed E-state index contributed by atoms with van der Waals surface area (Å²) in [5, 5.41) is 0. The maximum atomic E-state index is 10.4. The van der Waals surface area contributed by atoms with Gasteiger partial charge < -0.3 is 10.5 Å². The molecule has 0 spiro atoms. The second-order valence-electron chi connectivity index (χ2n) is 6.64. The van der Waals surface area contributed by atoms with Crippen molar-refractivity contribution in [3.05, 3.63) is 38.0 Å². The first-order valence-corrected chi connectivity index (χ1v) is 11.9. The Kier molecular flexibility index (Phi) is 15.6. The zero-order valence-electron chi connectivity index (χ0n) is 16.1. The van der Waals surface area contributed by atoms with Gasteiger partial charge in [-0.05, 0) is 35.9 Å². The number of hydrogen-bond donors (Lipinski definition) is 1. The first-order valence-electron chi connectivity index (χ1n) is 9.59. The Morgan fingerprint density at radius 3 is 1.56 bits per heavy atom. The van der Waals surface area contributed by atoms with E-state index in [2.05, 4.69) is 38.0 Å². The van der Waals surface area contributed by atoms with Gasteiger partial charge in [-0.3, -0.25) is 0 Å². The highest BCUT2D eigenvalue weighted by atomic mass is 32.3. The predicted molar refractivity (Wildman–Crippen MR) is 115 cm³/mol. The molecular formula is C21H39NO2S. The first-order chi connectivity index (χ1) is 12.1. The van der Waals surface area contributed by atoms with E-state index in [9.17, 15) is 4.79 Å². The number of nitrogens with two attached hydrogens (primary N) is 1. The van der Waals surface area contributed by atoms with Crippen LogP contribution in [0.3, 0.4) is 0 Å². The quantitative estimate of drug-likeness (QED) is 0.239. The highest BCUT2D eigenvalue weighted by molar-refractivity contribution is 8.34. The van der Waals surface area contributed by atoms with Crippen LogP contribution in [0.4, 0.5) is 4.79 Å². The van der Waals surface area contributed by atoms with E-state index in [1.807, 2.05) is 0 Å². The molecule has 0 saturated carbocycles. The van der Waals surface area contributed by atoms with Gasteiger partial charge >= 0.3 is 6.09 Å². The molecule has 2 N–H and O–H groups in total. The van der Waals surface area contributed by atoms with Gasteiger partial charge in [0, 0.05) is 0 Å². The van der Waals surface area contributed by atoms with E-state index in [1.54, 1.807) is 0 Å². The molecule has 4 heteroatoms. The summed E-state index contributed by atoms with van der Waals surface area (Å²) in [5.74, 6) is 4.70. The van der Waals surface area contributed by atoms with Gasteiger partial charge in [0.05, 0.1) is 6.61 Å². The van der Waals surface area contributed by atoms with Gasteiger partial charge in [0.25, 0.3) is 0 Å². The number of unbranched alkanes of at least 4 members (excludes halogenated alkanes) is 8. The van der Waals surface area contributed by atoms with Crippen molar-refractivity contribution < 1.29 is 9.53 Å². The van der Waals surface area contributed by atoms with Gasteiger partial charge in [-0.2, -0.15) is 0 Å². The van der Waals surface area contributed by atoms with Crippen LogP contribution in [0.25, 0.3) is 0 Å². The fraction of sp³-hybridized carbons (Fsp3) is 0.667. The number of primary amides is 1. The number of ether oxygens (including phenoxy) is 1. The van der Waals surface area contributed by atoms with Crippen molar-refractivity contribution in [2.75, 3.05) is 29.6 Å². The van der Waals surface area contributed by atoms with E-state index >= 15 is 0 Å². The van der Waals surface area contributed by atoms with Gasteiger partial charge in [-0.25, -0.2) is 14.8 Å². The predicted octanol–water partition coefficient (Wildman–Crippen LogP) is 5.96. The van der Waals surface area contributed by atoms with Gasteiger partial charge in [0.15, 0.2) is 0 Å². The standard InChI is InChI=1S/C21H39NO2S/c1-4-17-25(18-5-2,19-6-3)20-15-13-11-9-7-8-10-12-14-16-24-21(22)23/h4-6H,1-3,7-20H2,(H2,22,23). The van der Waals surface area contributed by atoms with Crippen molar-refractivity contribution in [2.24, 2.45) is 5.73 Å². The van der Waals surface area contributed by atoms with Crippen LogP contribution in [0.1, 0.15) is 57.8 Å². The molecule has 0 saturated heterocycles. The number of amides is 1. The van der Waals surface area contributed by atoms with E-state index in [-0.39, 0.29) is 0 Å². The van der Waals surface area contributed by atoms with Crippen LogP contribution in [0.5, 0.6) is 0 Å². The Hall–Kier alpha value is -1.16. The second kappa shape index (κ2) is 16.3.